The van der Waals surface area contributed by atoms with Gasteiger partial charge in [0.05, 0.1) is 18.1 Å². The van der Waals surface area contributed by atoms with Crippen LogP contribution in [0.3, 0.4) is 0 Å². The second-order valence-electron chi connectivity index (χ2n) is 3.48. The van der Waals surface area contributed by atoms with Crippen LogP contribution in [0.15, 0.2) is 9.98 Å². The molecule has 0 amide bonds. The van der Waals surface area contributed by atoms with Crippen LogP contribution in [0.1, 0.15) is 38.5 Å². The van der Waals surface area contributed by atoms with E-state index >= 15 is 0 Å². The van der Waals surface area contributed by atoms with Crippen LogP contribution in [0.4, 0.5) is 0 Å². The summed E-state index contributed by atoms with van der Waals surface area (Å²) in [6.07, 6.45) is 7.92. The lowest BCUT2D eigenvalue weighted by Gasteiger charge is -2.17. The molecule has 0 N–H and O–H groups in total. The topological polar surface area (TPSA) is 24.7 Å². The standard InChI is InChI=1S/C9H14N2/c1-2-4-6-9-8(5-3-1)10-7-11-9/h8-9H,1-6H2. The van der Waals surface area contributed by atoms with Gasteiger partial charge in [-0.15, -0.1) is 0 Å². The summed E-state index contributed by atoms with van der Waals surface area (Å²) in [7, 11) is 0. The SMILES string of the molecule is C1=NC2CCCCCCC2N=1. The maximum absolute atomic E-state index is 4.24. The van der Waals surface area contributed by atoms with Crippen molar-refractivity contribution in [1.82, 2.24) is 0 Å². The fourth-order valence-electron chi connectivity index (χ4n) is 1.93. The molecule has 0 aromatic rings. The van der Waals surface area contributed by atoms with Gasteiger partial charge in [0, 0.05) is 0 Å². The van der Waals surface area contributed by atoms with Gasteiger partial charge in [-0.25, -0.2) is 9.98 Å². The largest absolute Gasteiger partial charge is 0.220 e. The molecule has 1 fully saturated rings. The van der Waals surface area contributed by atoms with Gasteiger partial charge in [-0.1, -0.05) is 25.7 Å². The first-order valence-corrected chi connectivity index (χ1v) is 4.61. The Hall–Kier alpha value is -0.620. The molecular formula is C9H14N2. The number of rotatable bonds is 0. The van der Waals surface area contributed by atoms with Crippen LogP contribution in [0, 0.1) is 0 Å². The molecular weight excluding hydrogens is 136 g/mol. The van der Waals surface area contributed by atoms with E-state index in [4.69, 9.17) is 0 Å². The van der Waals surface area contributed by atoms with Gasteiger partial charge < -0.3 is 0 Å². The molecule has 0 spiro atoms. The zero-order chi connectivity index (χ0) is 7.52. The molecule has 0 saturated heterocycles. The molecule has 0 radical (unpaired) electrons. The smallest absolute Gasteiger partial charge is 0.0899 e. The van der Waals surface area contributed by atoms with Crippen molar-refractivity contribution in [2.45, 2.75) is 50.6 Å². The summed E-state index contributed by atoms with van der Waals surface area (Å²) in [5, 5.41) is 0. The molecule has 0 aromatic carbocycles. The second kappa shape index (κ2) is 3.19. The molecule has 2 heteroatoms. The Bertz CT molecular complexity index is 174. The van der Waals surface area contributed by atoms with Gasteiger partial charge in [-0.05, 0) is 12.8 Å². The van der Waals surface area contributed by atoms with Crippen molar-refractivity contribution in [3.63, 3.8) is 0 Å². The Morgan fingerprint density at radius 3 is 1.91 bits per heavy atom. The minimum absolute atomic E-state index is 0.496. The summed E-state index contributed by atoms with van der Waals surface area (Å²) >= 11 is 0. The molecule has 1 aliphatic carbocycles. The highest BCUT2D eigenvalue weighted by molar-refractivity contribution is 5.45. The quantitative estimate of drug-likeness (QED) is 0.506. The lowest BCUT2D eigenvalue weighted by molar-refractivity contribution is 0.419. The van der Waals surface area contributed by atoms with Crippen molar-refractivity contribution in [1.29, 1.82) is 0 Å². The van der Waals surface area contributed by atoms with Crippen LogP contribution in [-0.2, 0) is 0 Å². The molecule has 2 aliphatic rings. The lowest BCUT2D eigenvalue weighted by Crippen LogP contribution is -2.20. The predicted octanol–water partition coefficient (Wildman–Crippen LogP) is 2.27. The van der Waals surface area contributed by atoms with Crippen molar-refractivity contribution >= 4 is 6.01 Å². The fourth-order valence-corrected chi connectivity index (χ4v) is 1.93. The molecule has 60 valence electrons. The van der Waals surface area contributed by atoms with Gasteiger partial charge in [0.1, 0.15) is 0 Å². The molecule has 1 heterocycles. The van der Waals surface area contributed by atoms with Crippen LogP contribution >= 0.6 is 0 Å². The summed E-state index contributed by atoms with van der Waals surface area (Å²) in [5.74, 6) is 0. The molecule has 11 heavy (non-hydrogen) atoms. The Balaban J connectivity index is 1.97. The van der Waals surface area contributed by atoms with E-state index in [0.29, 0.717) is 12.1 Å². The van der Waals surface area contributed by atoms with Crippen LogP contribution < -0.4 is 0 Å². The monoisotopic (exact) mass is 150 g/mol. The Morgan fingerprint density at radius 2 is 1.36 bits per heavy atom. The van der Waals surface area contributed by atoms with Crippen LogP contribution in [0.5, 0.6) is 0 Å². The Morgan fingerprint density at radius 1 is 0.818 bits per heavy atom. The van der Waals surface area contributed by atoms with E-state index in [1.807, 2.05) is 0 Å². The molecule has 2 rings (SSSR count). The van der Waals surface area contributed by atoms with E-state index in [0.717, 1.165) is 0 Å². The van der Waals surface area contributed by atoms with Gasteiger partial charge >= 0.3 is 0 Å². The first-order valence-electron chi connectivity index (χ1n) is 4.61. The van der Waals surface area contributed by atoms with Crippen molar-refractivity contribution in [3.8, 4) is 0 Å². The molecule has 1 aliphatic heterocycles. The third-order valence-electron chi connectivity index (χ3n) is 2.64. The van der Waals surface area contributed by atoms with E-state index in [2.05, 4.69) is 16.0 Å². The van der Waals surface area contributed by atoms with Crippen LogP contribution in [0.2, 0.25) is 0 Å². The van der Waals surface area contributed by atoms with E-state index < -0.39 is 0 Å². The van der Waals surface area contributed by atoms with Crippen molar-refractivity contribution < 1.29 is 0 Å². The molecule has 2 nitrogen and oxygen atoms in total. The van der Waals surface area contributed by atoms with Crippen molar-refractivity contribution in [2.24, 2.45) is 9.98 Å². The highest BCUT2D eigenvalue weighted by Gasteiger charge is 2.23. The number of fused-ring (bicyclic) bond motifs is 1. The van der Waals surface area contributed by atoms with Crippen LogP contribution in [0.25, 0.3) is 0 Å². The van der Waals surface area contributed by atoms with E-state index in [1.54, 1.807) is 0 Å². The van der Waals surface area contributed by atoms with Gasteiger partial charge in [-0.2, -0.15) is 0 Å². The number of nitrogens with zero attached hydrogens (tertiary/aromatic N) is 2. The van der Waals surface area contributed by atoms with E-state index in [-0.39, 0.29) is 0 Å². The lowest BCUT2D eigenvalue weighted by atomic mass is 9.94. The molecule has 2 atom stereocenters. The number of hydrogen-bond donors (Lipinski definition) is 0. The maximum Gasteiger partial charge on any atom is 0.0899 e. The predicted molar refractivity (Wildman–Crippen MR) is 45.1 cm³/mol. The summed E-state index contributed by atoms with van der Waals surface area (Å²) in [4.78, 5) is 8.49. The minimum Gasteiger partial charge on any atom is -0.220 e. The molecule has 0 aromatic heterocycles. The fraction of sp³-hybridized carbons (Fsp3) is 0.889. The summed E-state index contributed by atoms with van der Waals surface area (Å²) in [6, 6.07) is 3.76. The van der Waals surface area contributed by atoms with Gasteiger partial charge in [0.25, 0.3) is 0 Å². The summed E-state index contributed by atoms with van der Waals surface area (Å²) in [5.41, 5.74) is 0. The minimum atomic E-state index is 0.496. The van der Waals surface area contributed by atoms with Crippen LogP contribution in [-0.4, -0.2) is 18.1 Å². The zero-order valence-corrected chi connectivity index (χ0v) is 6.79. The Kier molecular flexibility index (Phi) is 2.04. The summed E-state index contributed by atoms with van der Waals surface area (Å²) in [6.45, 7) is 0. The molecule has 2 unspecified atom stereocenters. The average Bonchev–Trinajstić information content (AvgIpc) is 2.35. The molecule has 1 saturated carbocycles. The zero-order valence-electron chi connectivity index (χ0n) is 6.79. The third-order valence-corrected chi connectivity index (χ3v) is 2.64. The second-order valence-corrected chi connectivity index (χ2v) is 3.48. The number of aliphatic imine (C=N–C) groups is 2. The first-order chi connectivity index (χ1) is 5.47. The molecule has 0 bridgehead atoms. The van der Waals surface area contributed by atoms with Gasteiger partial charge in [-0.3, -0.25) is 0 Å². The Labute approximate surface area is 67.4 Å². The average molecular weight is 150 g/mol. The van der Waals surface area contributed by atoms with E-state index in [9.17, 15) is 0 Å². The highest BCUT2D eigenvalue weighted by atomic mass is 15.0. The van der Waals surface area contributed by atoms with Crippen molar-refractivity contribution in [2.75, 3.05) is 0 Å². The first kappa shape index (κ1) is 7.05. The van der Waals surface area contributed by atoms with E-state index in [1.165, 1.54) is 38.5 Å². The van der Waals surface area contributed by atoms with Crippen molar-refractivity contribution in [3.05, 3.63) is 0 Å². The number of hydrogen-bond acceptors (Lipinski definition) is 2. The third kappa shape index (κ3) is 1.51. The normalized spacial score (nSPS) is 36.4. The maximum atomic E-state index is 4.24. The van der Waals surface area contributed by atoms with Gasteiger partial charge in [0.2, 0.25) is 0 Å². The van der Waals surface area contributed by atoms with Gasteiger partial charge in [0.15, 0.2) is 0 Å². The summed E-state index contributed by atoms with van der Waals surface area (Å²) < 4.78 is 0. The highest BCUT2D eigenvalue weighted by Crippen LogP contribution is 2.23.